The fraction of sp³-hybridized carbons (Fsp3) is 0.188. The van der Waals surface area contributed by atoms with Gasteiger partial charge in [-0.05, 0) is 37.1 Å². The van der Waals surface area contributed by atoms with Crippen LogP contribution in [0.4, 0.5) is 5.82 Å². The van der Waals surface area contributed by atoms with Crippen molar-refractivity contribution in [3.63, 3.8) is 0 Å². The Morgan fingerprint density at radius 1 is 1.10 bits per heavy atom. The molecule has 1 saturated carbocycles. The Morgan fingerprint density at radius 2 is 2.00 bits per heavy atom. The first-order chi connectivity index (χ1) is 10.3. The number of nitrogens with two attached hydrogens (primary N) is 1. The quantitative estimate of drug-likeness (QED) is 0.795. The van der Waals surface area contributed by atoms with Gasteiger partial charge in [0.1, 0.15) is 17.4 Å². The summed E-state index contributed by atoms with van der Waals surface area (Å²) in [6.45, 7) is 0. The standard InChI is InChI=1S/C16H14N4O/c17-14-9-15(20-16(19-14)10-6-7-10)21-13-5-1-4-12-11(13)3-2-8-18-12/h1-5,8-10H,6-7H2,(H2,17,19,20). The minimum absolute atomic E-state index is 0.435. The van der Waals surface area contributed by atoms with Gasteiger partial charge in [0, 0.05) is 23.6 Å². The summed E-state index contributed by atoms with van der Waals surface area (Å²) in [6, 6.07) is 11.3. The Labute approximate surface area is 121 Å². The summed E-state index contributed by atoms with van der Waals surface area (Å²) in [6.07, 6.45) is 4.02. The van der Waals surface area contributed by atoms with Crippen LogP contribution in [0.2, 0.25) is 0 Å². The van der Waals surface area contributed by atoms with Crippen molar-refractivity contribution in [1.29, 1.82) is 0 Å². The molecule has 1 aliphatic rings. The van der Waals surface area contributed by atoms with Crippen molar-refractivity contribution < 1.29 is 4.74 Å². The number of hydrogen-bond donors (Lipinski definition) is 1. The van der Waals surface area contributed by atoms with Gasteiger partial charge in [-0.2, -0.15) is 4.98 Å². The zero-order valence-electron chi connectivity index (χ0n) is 11.4. The van der Waals surface area contributed by atoms with E-state index in [1.165, 1.54) is 0 Å². The van der Waals surface area contributed by atoms with Crippen LogP contribution in [-0.4, -0.2) is 15.0 Å². The van der Waals surface area contributed by atoms with E-state index in [4.69, 9.17) is 10.5 Å². The molecule has 0 aliphatic heterocycles. The molecular formula is C16H14N4O. The molecule has 104 valence electrons. The smallest absolute Gasteiger partial charge is 0.224 e. The molecule has 0 saturated heterocycles. The number of rotatable bonds is 3. The lowest BCUT2D eigenvalue weighted by Gasteiger charge is -2.09. The van der Waals surface area contributed by atoms with Crippen LogP contribution < -0.4 is 10.5 Å². The van der Waals surface area contributed by atoms with Gasteiger partial charge in [-0.25, -0.2) is 4.98 Å². The SMILES string of the molecule is Nc1cc(Oc2cccc3ncccc23)nc(C2CC2)n1. The molecule has 0 radical (unpaired) electrons. The van der Waals surface area contributed by atoms with Gasteiger partial charge >= 0.3 is 0 Å². The Hall–Kier alpha value is -2.69. The summed E-state index contributed by atoms with van der Waals surface area (Å²) in [5, 5.41) is 0.949. The summed E-state index contributed by atoms with van der Waals surface area (Å²) in [5.74, 6) is 2.87. The normalized spacial score (nSPS) is 14.3. The summed E-state index contributed by atoms with van der Waals surface area (Å²) in [5.41, 5.74) is 6.74. The largest absolute Gasteiger partial charge is 0.438 e. The van der Waals surface area contributed by atoms with Crippen molar-refractivity contribution in [3.05, 3.63) is 48.4 Å². The van der Waals surface area contributed by atoms with E-state index in [1.807, 2.05) is 30.3 Å². The number of anilines is 1. The Bertz CT molecular complexity index is 809. The van der Waals surface area contributed by atoms with Gasteiger partial charge in [0.05, 0.1) is 5.52 Å². The van der Waals surface area contributed by atoms with Gasteiger partial charge in [-0.1, -0.05) is 6.07 Å². The second-order valence-electron chi connectivity index (χ2n) is 5.19. The predicted octanol–water partition coefficient (Wildman–Crippen LogP) is 3.28. The molecule has 0 bridgehead atoms. The summed E-state index contributed by atoms with van der Waals surface area (Å²) in [4.78, 5) is 13.1. The third-order valence-corrected chi connectivity index (χ3v) is 3.50. The maximum Gasteiger partial charge on any atom is 0.224 e. The molecule has 0 unspecified atom stereocenters. The lowest BCUT2D eigenvalue weighted by atomic mass is 10.2. The average molecular weight is 278 g/mol. The van der Waals surface area contributed by atoms with Crippen molar-refractivity contribution in [2.75, 3.05) is 5.73 Å². The second kappa shape index (κ2) is 4.70. The van der Waals surface area contributed by atoms with Gasteiger partial charge in [-0.15, -0.1) is 0 Å². The highest BCUT2D eigenvalue weighted by atomic mass is 16.5. The van der Waals surface area contributed by atoms with E-state index in [0.717, 1.165) is 35.3 Å². The molecule has 2 N–H and O–H groups in total. The van der Waals surface area contributed by atoms with Gasteiger partial charge in [0.25, 0.3) is 0 Å². The molecule has 1 fully saturated rings. The highest BCUT2D eigenvalue weighted by Gasteiger charge is 2.27. The highest BCUT2D eigenvalue weighted by molar-refractivity contribution is 5.85. The fourth-order valence-electron chi connectivity index (χ4n) is 2.31. The molecule has 3 aromatic rings. The molecule has 5 heteroatoms. The van der Waals surface area contributed by atoms with Crippen LogP contribution in [0.3, 0.4) is 0 Å². The van der Waals surface area contributed by atoms with Crippen LogP contribution in [0.15, 0.2) is 42.6 Å². The summed E-state index contributed by atoms with van der Waals surface area (Å²) < 4.78 is 5.92. The highest BCUT2D eigenvalue weighted by Crippen LogP contribution is 2.39. The van der Waals surface area contributed by atoms with E-state index in [0.29, 0.717) is 17.6 Å². The molecule has 0 amide bonds. The molecule has 4 rings (SSSR count). The van der Waals surface area contributed by atoms with E-state index in [1.54, 1.807) is 12.3 Å². The first-order valence-electron chi connectivity index (χ1n) is 6.96. The van der Waals surface area contributed by atoms with Crippen molar-refractivity contribution in [2.24, 2.45) is 0 Å². The van der Waals surface area contributed by atoms with Gasteiger partial charge in [0.2, 0.25) is 5.88 Å². The number of aromatic nitrogens is 3. The molecule has 1 aliphatic carbocycles. The number of nitrogen functional groups attached to an aromatic ring is 1. The predicted molar refractivity (Wildman–Crippen MR) is 80.2 cm³/mol. The minimum atomic E-state index is 0.435. The van der Waals surface area contributed by atoms with Crippen LogP contribution in [-0.2, 0) is 0 Å². The monoisotopic (exact) mass is 278 g/mol. The molecule has 5 nitrogen and oxygen atoms in total. The van der Waals surface area contributed by atoms with Crippen molar-refractivity contribution >= 4 is 16.7 Å². The van der Waals surface area contributed by atoms with E-state index in [9.17, 15) is 0 Å². The molecule has 21 heavy (non-hydrogen) atoms. The molecule has 0 spiro atoms. The van der Waals surface area contributed by atoms with Crippen LogP contribution in [0.5, 0.6) is 11.6 Å². The van der Waals surface area contributed by atoms with Crippen LogP contribution >= 0.6 is 0 Å². The Kier molecular flexibility index (Phi) is 2.70. The van der Waals surface area contributed by atoms with E-state index in [2.05, 4.69) is 15.0 Å². The molecule has 0 atom stereocenters. The maximum atomic E-state index is 5.92. The lowest BCUT2D eigenvalue weighted by Crippen LogP contribution is -2.00. The van der Waals surface area contributed by atoms with Gasteiger partial charge < -0.3 is 10.5 Å². The van der Waals surface area contributed by atoms with E-state index in [-0.39, 0.29) is 0 Å². The van der Waals surface area contributed by atoms with Gasteiger partial charge in [-0.3, -0.25) is 4.98 Å². The fourth-order valence-corrected chi connectivity index (χ4v) is 2.31. The Morgan fingerprint density at radius 3 is 2.86 bits per heavy atom. The number of nitrogens with zero attached hydrogens (tertiary/aromatic N) is 3. The molecule has 2 aromatic heterocycles. The van der Waals surface area contributed by atoms with Crippen LogP contribution in [0, 0.1) is 0 Å². The van der Waals surface area contributed by atoms with E-state index < -0.39 is 0 Å². The number of pyridine rings is 1. The van der Waals surface area contributed by atoms with Crippen LogP contribution in [0.1, 0.15) is 24.6 Å². The lowest BCUT2D eigenvalue weighted by molar-refractivity contribution is 0.464. The Balaban J connectivity index is 1.74. The topological polar surface area (TPSA) is 73.9 Å². The third-order valence-electron chi connectivity index (χ3n) is 3.50. The number of hydrogen-bond acceptors (Lipinski definition) is 5. The zero-order valence-corrected chi connectivity index (χ0v) is 11.4. The number of fused-ring (bicyclic) bond motifs is 1. The summed E-state index contributed by atoms with van der Waals surface area (Å²) in [7, 11) is 0. The van der Waals surface area contributed by atoms with Crippen molar-refractivity contribution in [2.45, 2.75) is 18.8 Å². The van der Waals surface area contributed by atoms with Crippen LogP contribution in [0.25, 0.3) is 10.9 Å². The maximum absolute atomic E-state index is 5.92. The average Bonchev–Trinajstić information content (AvgIpc) is 3.32. The van der Waals surface area contributed by atoms with Crippen molar-refractivity contribution in [3.8, 4) is 11.6 Å². The third kappa shape index (κ3) is 2.38. The minimum Gasteiger partial charge on any atom is -0.438 e. The van der Waals surface area contributed by atoms with Gasteiger partial charge in [0.15, 0.2) is 0 Å². The van der Waals surface area contributed by atoms with Crippen molar-refractivity contribution in [1.82, 2.24) is 15.0 Å². The van der Waals surface area contributed by atoms with E-state index >= 15 is 0 Å². The molecule has 2 heterocycles. The number of ether oxygens (including phenoxy) is 1. The first-order valence-corrected chi connectivity index (χ1v) is 6.96. The zero-order chi connectivity index (χ0) is 14.2. The summed E-state index contributed by atoms with van der Waals surface area (Å²) >= 11 is 0. The molecule has 1 aromatic carbocycles. The first kappa shape index (κ1) is 12.1. The number of benzene rings is 1. The second-order valence-corrected chi connectivity index (χ2v) is 5.19. The molecular weight excluding hydrogens is 264 g/mol.